The Bertz CT molecular complexity index is 185. The number of carbonyl (C=O) groups is 1. The zero-order valence-corrected chi connectivity index (χ0v) is 8.05. The molecule has 1 aliphatic rings. The lowest BCUT2D eigenvalue weighted by molar-refractivity contribution is -0.126. The third-order valence-corrected chi connectivity index (χ3v) is 2.78. The number of hydrogen-bond acceptors (Lipinski definition) is 3. The van der Waals surface area contributed by atoms with E-state index in [1.807, 2.05) is 6.92 Å². The molecule has 0 bridgehead atoms. The van der Waals surface area contributed by atoms with E-state index in [0.717, 1.165) is 19.3 Å². The summed E-state index contributed by atoms with van der Waals surface area (Å²) in [5.74, 6) is -0.142. The Kier molecular flexibility index (Phi) is 3.27. The van der Waals surface area contributed by atoms with Crippen molar-refractivity contribution in [1.29, 1.82) is 0 Å². The lowest BCUT2D eigenvalue weighted by atomic mass is 9.77. The number of rotatable bonds is 4. The van der Waals surface area contributed by atoms with Crippen LogP contribution in [0.25, 0.3) is 0 Å². The number of amides is 1. The van der Waals surface area contributed by atoms with Gasteiger partial charge in [0.2, 0.25) is 5.91 Å². The summed E-state index contributed by atoms with van der Waals surface area (Å²) >= 11 is 0. The molecule has 4 nitrogen and oxygen atoms in total. The van der Waals surface area contributed by atoms with E-state index in [2.05, 4.69) is 5.32 Å². The van der Waals surface area contributed by atoms with E-state index in [9.17, 15) is 4.79 Å². The van der Waals surface area contributed by atoms with Crippen LogP contribution in [0.3, 0.4) is 0 Å². The van der Waals surface area contributed by atoms with Gasteiger partial charge in [0, 0.05) is 0 Å². The van der Waals surface area contributed by atoms with E-state index >= 15 is 0 Å². The average molecular weight is 186 g/mol. The van der Waals surface area contributed by atoms with Gasteiger partial charge in [0.25, 0.3) is 0 Å². The van der Waals surface area contributed by atoms with Crippen molar-refractivity contribution in [3.05, 3.63) is 0 Å². The van der Waals surface area contributed by atoms with Crippen molar-refractivity contribution < 1.29 is 9.90 Å². The van der Waals surface area contributed by atoms with Gasteiger partial charge in [0.05, 0.1) is 18.2 Å². The Morgan fingerprint density at radius 3 is 2.62 bits per heavy atom. The summed E-state index contributed by atoms with van der Waals surface area (Å²) in [4.78, 5) is 11.4. The number of hydrogen-bond donors (Lipinski definition) is 3. The zero-order chi connectivity index (χ0) is 9.90. The molecule has 0 radical (unpaired) electrons. The highest BCUT2D eigenvalue weighted by atomic mass is 16.3. The molecular weight excluding hydrogens is 168 g/mol. The Labute approximate surface area is 78.5 Å². The molecule has 76 valence electrons. The molecule has 1 saturated carbocycles. The van der Waals surface area contributed by atoms with Crippen molar-refractivity contribution in [2.75, 3.05) is 6.61 Å². The van der Waals surface area contributed by atoms with Gasteiger partial charge in [-0.3, -0.25) is 4.79 Å². The van der Waals surface area contributed by atoms with Gasteiger partial charge >= 0.3 is 0 Å². The molecule has 4 heteroatoms. The zero-order valence-electron chi connectivity index (χ0n) is 8.05. The summed E-state index contributed by atoms with van der Waals surface area (Å²) in [7, 11) is 0. The van der Waals surface area contributed by atoms with E-state index in [1.54, 1.807) is 0 Å². The van der Waals surface area contributed by atoms with Crippen molar-refractivity contribution in [2.24, 2.45) is 5.73 Å². The topological polar surface area (TPSA) is 75.4 Å². The Hall–Kier alpha value is -0.610. The lowest BCUT2D eigenvalue weighted by Gasteiger charge is -2.41. The fourth-order valence-electron chi connectivity index (χ4n) is 1.47. The van der Waals surface area contributed by atoms with Gasteiger partial charge in [0.15, 0.2) is 0 Å². The molecule has 0 heterocycles. The van der Waals surface area contributed by atoms with Gasteiger partial charge in [-0.05, 0) is 25.7 Å². The minimum Gasteiger partial charge on any atom is -0.394 e. The van der Waals surface area contributed by atoms with Crippen LogP contribution in [0.1, 0.15) is 32.6 Å². The molecule has 13 heavy (non-hydrogen) atoms. The van der Waals surface area contributed by atoms with Crippen LogP contribution in [0, 0.1) is 0 Å². The Morgan fingerprint density at radius 2 is 2.31 bits per heavy atom. The van der Waals surface area contributed by atoms with E-state index < -0.39 is 6.04 Å². The standard InChI is InChI=1S/C9H18N2O2/c1-2-7(10)8(13)11-9(6-12)4-3-5-9/h7,12H,2-6,10H2,1H3,(H,11,13)/t7-/m1/s1. The second kappa shape index (κ2) is 4.07. The normalized spacial score (nSPS) is 21.8. The monoisotopic (exact) mass is 186 g/mol. The van der Waals surface area contributed by atoms with Gasteiger partial charge in [-0.15, -0.1) is 0 Å². The molecule has 0 unspecified atom stereocenters. The van der Waals surface area contributed by atoms with Crippen LogP contribution >= 0.6 is 0 Å². The van der Waals surface area contributed by atoms with Crippen LogP contribution in [0.2, 0.25) is 0 Å². The molecule has 1 atom stereocenters. The predicted octanol–water partition coefficient (Wildman–Crippen LogP) is -0.245. The maximum absolute atomic E-state index is 11.4. The summed E-state index contributed by atoms with van der Waals surface area (Å²) in [6.07, 6.45) is 3.44. The smallest absolute Gasteiger partial charge is 0.237 e. The van der Waals surface area contributed by atoms with Gasteiger partial charge in [-0.25, -0.2) is 0 Å². The first-order valence-electron chi connectivity index (χ1n) is 4.82. The van der Waals surface area contributed by atoms with E-state index in [1.165, 1.54) is 0 Å². The molecule has 0 aromatic heterocycles. The quantitative estimate of drug-likeness (QED) is 0.567. The molecule has 1 fully saturated rings. The highest BCUT2D eigenvalue weighted by molar-refractivity contribution is 5.82. The maximum atomic E-state index is 11.4. The van der Waals surface area contributed by atoms with E-state index in [0.29, 0.717) is 6.42 Å². The predicted molar refractivity (Wildman–Crippen MR) is 50.1 cm³/mol. The van der Waals surface area contributed by atoms with Crippen LogP contribution < -0.4 is 11.1 Å². The third-order valence-electron chi connectivity index (χ3n) is 2.78. The van der Waals surface area contributed by atoms with Crippen molar-refractivity contribution in [3.8, 4) is 0 Å². The van der Waals surface area contributed by atoms with Gasteiger partial charge < -0.3 is 16.2 Å². The number of aliphatic hydroxyl groups excluding tert-OH is 1. The average Bonchev–Trinajstić information content (AvgIpc) is 2.09. The van der Waals surface area contributed by atoms with Crippen molar-refractivity contribution in [1.82, 2.24) is 5.32 Å². The van der Waals surface area contributed by atoms with Crippen LogP contribution in [0.15, 0.2) is 0 Å². The highest BCUT2D eigenvalue weighted by Crippen LogP contribution is 2.31. The molecule has 0 saturated heterocycles. The van der Waals surface area contributed by atoms with Crippen molar-refractivity contribution >= 4 is 5.91 Å². The molecule has 1 rings (SSSR count). The maximum Gasteiger partial charge on any atom is 0.237 e. The summed E-state index contributed by atoms with van der Waals surface area (Å²) in [5, 5.41) is 11.9. The largest absolute Gasteiger partial charge is 0.394 e. The number of aliphatic hydroxyl groups is 1. The number of nitrogens with two attached hydrogens (primary N) is 1. The SMILES string of the molecule is CC[C@@H](N)C(=O)NC1(CO)CCC1. The second-order valence-electron chi connectivity index (χ2n) is 3.80. The Morgan fingerprint density at radius 1 is 1.69 bits per heavy atom. The highest BCUT2D eigenvalue weighted by Gasteiger charge is 2.38. The lowest BCUT2D eigenvalue weighted by Crippen LogP contribution is -2.59. The van der Waals surface area contributed by atoms with E-state index in [4.69, 9.17) is 10.8 Å². The molecule has 1 aliphatic carbocycles. The first-order valence-corrected chi connectivity index (χ1v) is 4.82. The van der Waals surface area contributed by atoms with Crippen molar-refractivity contribution in [2.45, 2.75) is 44.2 Å². The van der Waals surface area contributed by atoms with Crippen LogP contribution in [-0.2, 0) is 4.79 Å². The number of carbonyl (C=O) groups excluding carboxylic acids is 1. The molecular formula is C9H18N2O2. The molecule has 0 spiro atoms. The van der Waals surface area contributed by atoms with Crippen molar-refractivity contribution in [3.63, 3.8) is 0 Å². The fraction of sp³-hybridized carbons (Fsp3) is 0.889. The summed E-state index contributed by atoms with van der Waals surface area (Å²) < 4.78 is 0. The van der Waals surface area contributed by atoms with Crippen LogP contribution in [0.4, 0.5) is 0 Å². The number of nitrogens with one attached hydrogen (secondary N) is 1. The van der Waals surface area contributed by atoms with Gasteiger partial charge in [0.1, 0.15) is 0 Å². The second-order valence-corrected chi connectivity index (χ2v) is 3.80. The molecule has 0 aromatic rings. The molecule has 4 N–H and O–H groups in total. The molecule has 0 aromatic carbocycles. The summed E-state index contributed by atoms with van der Waals surface area (Å²) in [5.41, 5.74) is 5.21. The Balaban J connectivity index is 2.42. The van der Waals surface area contributed by atoms with E-state index in [-0.39, 0.29) is 18.1 Å². The first kappa shape index (κ1) is 10.5. The third kappa shape index (κ3) is 2.19. The van der Waals surface area contributed by atoms with Gasteiger partial charge in [-0.2, -0.15) is 0 Å². The molecule has 1 amide bonds. The van der Waals surface area contributed by atoms with Crippen LogP contribution in [-0.4, -0.2) is 29.2 Å². The first-order chi connectivity index (χ1) is 6.13. The van der Waals surface area contributed by atoms with Gasteiger partial charge in [-0.1, -0.05) is 6.92 Å². The van der Waals surface area contributed by atoms with Crippen LogP contribution in [0.5, 0.6) is 0 Å². The minimum absolute atomic E-state index is 0.0230. The molecule has 0 aliphatic heterocycles. The fourth-order valence-corrected chi connectivity index (χ4v) is 1.47. The minimum atomic E-state index is -0.441. The summed E-state index contributed by atoms with van der Waals surface area (Å²) in [6, 6.07) is -0.441. The summed E-state index contributed by atoms with van der Waals surface area (Å²) in [6.45, 7) is 1.89.